The number of hydrogen-bond donors (Lipinski definition) is 1. The number of rotatable bonds is 19. The van der Waals surface area contributed by atoms with Crippen molar-refractivity contribution in [3.05, 3.63) is 0 Å². The largest absolute Gasteiger partial charge is 0.465 e. The first kappa shape index (κ1) is 26.9. The number of carbonyl (C=O) groups excluding carboxylic acids is 2. The Balaban J connectivity index is 3.94. The van der Waals surface area contributed by atoms with Gasteiger partial charge in [-0.2, -0.15) is 0 Å². The van der Waals surface area contributed by atoms with E-state index in [4.69, 9.17) is 9.47 Å². The van der Waals surface area contributed by atoms with Gasteiger partial charge < -0.3 is 14.6 Å². The average molecular weight is 401 g/mol. The van der Waals surface area contributed by atoms with E-state index in [-0.39, 0.29) is 13.2 Å². The lowest BCUT2D eigenvalue weighted by Gasteiger charge is -2.23. The van der Waals surface area contributed by atoms with Gasteiger partial charge in [0.25, 0.3) is 0 Å². The number of unbranched alkanes of at least 4 members (excludes halogenated alkanes) is 12. The van der Waals surface area contributed by atoms with Gasteiger partial charge in [-0.05, 0) is 19.8 Å². The molecule has 0 aromatic carbocycles. The maximum absolute atomic E-state index is 12.3. The van der Waals surface area contributed by atoms with Gasteiger partial charge in [-0.15, -0.1) is 0 Å². The molecule has 0 amide bonds. The van der Waals surface area contributed by atoms with E-state index in [9.17, 15) is 14.7 Å². The van der Waals surface area contributed by atoms with Crippen LogP contribution in [0, 0.1) is 5.41 Å². The second kappa shape index (κ2) is 18.0. The van der Waals surface area contributed by atoms with Crippen LogP contribution in [-0.4, -0.2) is 36.9 Å². The summed E-state index contributed by atoms with van der Waals surface area (Å²) in [4.78, 5) is 24.5. The van der Waals surface area contributed by atoms with Crippen molar-refractivity contribution in [2.45, 2.75) is 111 Å². The van der Waals surface area contributed by atoms with E-state index in [1.807, 2.05) is 0 Å². The number of ether oxygens (including phenoxy) is 2. The van der Waals surface area contributed by atoms with Gasteiger partial charge in [0.15, 0.2) is 5.41 Å². The Morgan fingerprint density at radius 2 is 0.964 bits per heavy atom. The van der Waals surface area contributed by atoms with Gasteiger partial charge in [0, 0.05) is 0 Å². The summed E-state index contributed by atoms with van der Waals surface area (Å²) in [6.45, 7) is 5.75. The second-order valence-corrected chi connectivity index (χ2v) is 8.00. The summed E-state index contributed by atoms with van der Waals surface area (Å²) in [5, 5.41) is 9.57. The first-order valence-electron chi connectivity index (χ1n) is 11.5. The molecule has 5 heteroatoms. The van der Waals surface area contributed by atoms with E-state index in [1.54, 1.807) is 0 Å². The van der Waals surface area contributed by atoms with Crippen LogP contribution in [0.25, 0.3) is 0 Å². The van der Waals surface area contributed by atoms with Gasteiger partial charge in [-0.25, -0.2) is 0 Å². The smallest absolute Gasteiger partial charge is 0.325 e. The minimum Gasteiger partial charge on any atom is -0.465 e. The van der Waals surface area contributed by atoms with E-state index in [2.05, 4.69) is 13.8 Å². The minimum absolute atomic E-state index is 0.284. The molecule has 0 aliphatic carbocycles. The number of aliphatic hydroxyl groups is 1. The van der Waals surface area contributed by atoms with Gasteiger partial charge in [0.1, 0.15) is 0 Å². The van der Waals surface area contributed by atoms with Crippen LogP contribution in [0.15, 0.2) is 0 Å². The van der Waals surface area contributed by atoms with Gasteiger partial charge >= 0.3 is 11.9 Å². The highest BCUT2D eigenvalue weighted by Crippen LogP contribution is 2.21. The zero-order valence-electron chi connectivity index (χ0n) is 18.6. The van der Waals surface area contributed by atoms with Gasteiger partial charge in [0.05, 0.1) is 19.8 Å². The molecule has 166 valence electrons. The zero-order chi connectivity index (χ0) is 21.1. The molecular formula is C23H44O5. The molecule has 1 atom stereocenters. The van der Waals surface area contributed by atoms with Gasteiger partial charge in [-0.1, -0.05) is 90.9 Å². The van der Waals surface area contributed by atoms with E-state index in [0.29, 0.717) is 0 Å². The fraction of sp³-hybridized carbons (Fsp3) is 0.913. The molecule has 0 radical (unpaired) electrons. The molecule has 0 rings (SSSR count). The van der Waals surface area contributed by atoms with Crippen molar-refractivity contribution in [2.24, 2.45) is 5.41 Å². The maximum atomic E-state index is 12.3. The highest BCUT2D eigenvalue weighted by Gasteiger charge is 2.44. The van der Waals surface area contributed by atoms with E-state index >= 15 is 0 Å². The molecule has 0 spiro atoms. The molecule has 0 saturated heterocycles. The molecule has 0 aromatic rings. The number of carbonyl (C=O) groups is 2. The highest BCUT2D eigenvalue weighted by molar-refractivity contribution is 5.99. The summed E-state index contributed by atoms with van der Waals surface area (Å²) in [6, 6.07) is 0. The average Bonchev–Trinajstić information content (AvgIpc) is 2.70. The number of hydrogen-bond acceptors (Lipinski definition) is 5. The molecule has 0 aliphatic rings. The molecule has 0 aliphatic heterocycles. The molecule has 0 bridgehead atoms. The van der Waals surface area contributed by atoms with Crippen LogP contribution in [0.1, 0.15) is 111 Å². The summed E-state index contributed by atoms with van der Waals surface area (Å²) < 4.78 is 10.5. The van der Waals surface area contributed by atoms with Gasteiger partial charge in [-0.3, -0.25) is 9.59 Å². The van der Waals surface area contributed by atoms with Crippen LogP contribution in [-0.2, 0) is 19.1 Å². The summed E-state index contributed by atoms with van der Waals surface area (Å²) in [5.41, 5.74) is -1.62. The Morgan fingerprint density at radius 1 is 0.643 bits per heavy atom. The number of aliphatic hydroxyl groups excluding tert-OH is 1. The maximum Gasteiger partial charge on any atom is 0.325 e. The molecule has 0 heterocycles. The van der Waals surface area contributed by atoms with Gasteiger partial charge in [0.2, 0.25) is 0 Å². The third-order valence-electron chi connectivity index (χ3n) is 5.18. The van der Waals surface area contributed by atoms with Crippen LogP contribution >= 0.6 is 0 Å². The highest BCUT2D eigenvalue weighted by atomic mass is 16.6. The van der Waals surface area contributed by atoms with Crippen LogP contribution in [0.3, 0.4) is 0 Å². The van der Waals surface area contributed by atoms with Crippen LogP contribution in [0.4, 0.5) is 0 Å². The SMILES string of the molecule is CCCCCCCCCCOC(=O)C(C)(CO)C(=O)OCCCCCCCC. The normalized spacial score (nSPS) is 13.1. The third kappa shape index (κ3) is 12.4. The Bertz CT molecular complexity index is 396. The topological polar surface area (TPSA) is 72.8 Å². The monoisotopic (exact) mass is 400 g/mol. The Labute approximate surface area is 172 Å². The van der Waals surface area contributed by atoms with Crippen molar-refractivity contribution in [1.82, 2.24) is 0 Å². The fourth-order valence-electron chi connectivity index (χ4n) is 2.98. The molecular weight excluding hydrogens is 356 g/mol. The molecule has 0 saturated carbocycles. The number of esters is 2. The van der Waals surface area contributed by atoms with Crippen molar-refractivity contribution in [2.75, 3.05) is 19.8 Å². The second-order valence-electron chi connectivity index (χ2n) is 8.00. The first-order valence-corrected chi connectivity index (χ1v) is 11.5. The fourth-order valence-corrected chi connectivity index (χ4v) is 2.98. The Morgan fingerprint density at radius 3 is 1.29 bits per heavy atom. The predicted molar refractivity (Wildman–Crippen MR) is 113 cm³/mol. The molecule has 1 N–H and O–H groups in total. The van der Waals surface area contributed by atoms with Crippen LogP contribution < -0.4 is 0 Å². The predicted octanol–water partition coefficient (Wildman–Crippen LogP) is 5.57. The zero-order valence-corrected chi connectivity index (χ0v) is 18.6. The molecule has 0 aromatic heterocycles. The van der Waals surface area contributed by atoms with Crippen molar-refractivity contribution >= 4 is 11.9 Å². The lowest BCUT2D eigenvalue weighted by Crippen LogP contribution is -2.42. The van der Waals surface area contributed by atoms with Crippen LogP contribution in [0.5, 0.6) is 0 Å². The molecule has 28 heavy (non-hydrogen) atoms. The molecule has 5 nitrogen and oxygen atoms in total. The summed E-state index contributed by atoms with van der Waals surface area (Å²) in [5.74, 6) is -1.38. The van der Waals surface area contributed by atoms with Crippen molar-refractivity contribution in [1.29, 1.82) is 0 Å². The molecule has 1 unspecified atom stereocenters. The van der Waals surface area contributed by atoms with E-state index in [0.717, 1.165) is 38.5 Å². The minimum atomic E-state index is -1.62. The quantitative estimate of drug-likeness (QED) is 0.174. The van der Waals surface area contributed by atoms with E-state index < -0.39 is 24.0 Å². The van der Waals surface area contributed by atoms with E-state index in [1.165, 1.54) is 58.3 Å². The first-order chi connectivity index (χ1) is 13.5. The van der Waals surface area contributed by atoms with Crippen molar-refractivity contribution in [3.8, 4) is 0 Å². The summed E-state index contributed by atoms with van der Waals surface area (Å²) >= 11 is 0. The lowest BCUT2D eigenvalue weighted by molar-refractivity contribution is -0.174. The standard InChI is InChI=1S/C23H44O5/c1-4-6-8-10-12-13-15-17-19-28-22(26)23(3,20-24)21(25)27-18-16-14-11-9-7-5-2/h24H,4-20H2,1-3H3. The van der Waals surface area contributed by atoms with Crippen molar-refractivity contribution < 1.29 is 24.2 Å². The Kier molecular flexibility index (Phi) is 17.3. The van der Waals surface area contributed by atoms with Crippen molar-refractivity contribution in [3.63, 3.8) is 0 Å². The lowest BCUT2D eigenvalue weighted by atomic mass is 9.92. The van der Waals surface area contributed by atoms with Crippen LogP contribution in [0.2, 0.25) is 0 Å². The summed E-state index contributed by atoms with van der Waals surface area (Å²) in [7, 11) is 0. The Hall–Kier alpha value is -1.10. The molecule has 0 fully saturated rings. The third-order valence-corrected chi connectivity index (χ3v) is 5.18. The summed E-state index contributed by atoms with van der Waals surface area (Å²) in [6.07, 6.45) is 15.8.